The Balaban J connectivity index is 2.57. The second-order valence-corrected chi connectivity index (χ2v) is 5.31. The number of nitrogens with zero attached hydrogens (tertiary/aromatic N) is 4. The van der Waals surface area contributed by atoms with Gasteiger partial charge in [-0.3, -0.25) is 4.68 Å². The lowest BCUT2D eigenvalue weighted by molar-refractivity contribution is -0.298. The van der Waals surface area contributed by atoms with Crippen molar-refractivity contribution in [3.8, 4) is 34.9 Å². The summed E-state index contributed by atoms with van der Waals surface area (Å²) < 4.78 is 35.8. The average molecular weight is 387 g/mol. The second kappa shape index (κ2) is 9.14. The van der Waals surface area contributed by atoms with Crippen molar-refractivity contribution in [3.63, 3.8) is 0 Å². The van der Waals surface area contributed by atoms with Gasteiger partial charge >= 0.3 is 6.61 Å². The van der Waals surface area contributed by atoms with Crippen molar-refractivity contribution in [2.45, 2.75) is 19.6 Å². The number of aryl methyl sites for hydroxylation is 1. The third-order valence-electron chi connectivity index (χ3n) is 3.54. The molecule has 0 atom stereocenters. The first-order chi connectivity index (χ1) is 13.4. The van der Waals surface area contributed by atoms with Gasteiger partial charge in [0.1, 0.15) is 6.07 Å². The molecule has 0 fully saturated rings. The van der Waals surface area contributed by atoms with Crippen molar-refractivity contribution in [1.29, 1.82) is 10.5 Å². The molecule has 10 heteroatoms. The van der Waals surface area contributed by atoms with E-state index in [0.717, 1.165) is 6.08 Å². The summed E-state index contributed by atoms with van der Waals surface area (Å²) in [6, 6.07) is 7.55. The number of aliphatic carboxylic acids is 1. The molecule has 1 aromatic carbocycles. The molecule has 1 aromatic heterocycles. The zero-order valence-electron chi connectivity index (χ0n) is 14.6. The molecular formula is C18H13F2N4O4-. The van der Waals surface area contributed by atoms with Crippen molar-refractivity contribution in [3.05, 3.63) is 35.5 Å². The molecule has 0 aliphatic heterocycles. The first kappa shape index (κ1) is 20.4. The number of nitriles is 2. The summed E-state index contributed by atoms with van der Waals surface area (Å²) in [6.07, 6.45) is 2.69. The number of halogens is 2. The van der Waals surface area contributed by atoms with Gasteiger partial charge in [0.25, 0.3) is 0 Å². The monoisotopic (exact) mass is 387 g/mol. The van der Waals surface area contributed by atoms with Crippen LogP contribution in [0.25, 0.3) is 17.3 Å². The van der Waals surface area contributed by atoms with E-state index in [1.807, 2.05) is 6.07 Å². The van der Waals surface area contributed by atoms with E-state index in [4.69, 9.17) is 15.3 Å². The number of carboxylic acids is 1. The summed E-state index contributed by atoms with van der Waals surface area (Å²) in [6.45, 7) is -2.81. The highest BCUT2D eigenvalue weighted by Crippen LogP contribution is 2.34. The number of ether oxygens (including phenoxy) is 2. The molecule has 8 nitrogen and oxygen atoms in total. The number of methoxy groups -OCH3 is 1. The van der Waals surface area contributed by atoms with Crippen molar-refractivity contribution >= 4 is 12.0 Å². The quantitative estimate of drug-likeness (QED) is 0.499. The molecule has 0 radical (unpaired) electrons. The van der Waals surface area contributed by atoms with Crippen LogP contribution in [0.1, 0.15) is 12.0 Å². The van der Waals surface area contributed by atoms with Gasteiger partial charge in [-0.1, -0.05) is 0 Å². The maximum Gasteiger partial charge on any atom is 0.387 e. The summed E-state index contributed by atoms with van der Waals surface area (Å²) in [4.78, 5) is 11.0. The van der Waals surface area contributed by atoms with Crippen molar-refractivity contribution in [2.24, 2.45) is 0 Å². The largest absolute Gasteiger partial charge is 0.544 e. The first-order valence-electron chi connectivity index (χ1n) is 7.80. The summed E-state index contributed by atoms with van der Waals surface area (Å²) in [5.41, 5.74) is 0.305. The number of rotatable bonds is 8. The number of carbonyl (C=O) groups excluding carboxylic acids is 1. The fourth-order valence-corrected chi connectivity index (χ4v) is 2.35. The zero-order valence-corrected chi connectivity index (χ0v) is 14.6. The third-order valence-corrected chi connectivity index (χ3v) is 3.54. The Kier molecular flexibility index (Phi) is 6.66. The van der Waals surface area contributed by atoms with Crippen LogP contribution in [0.15, 0.2) is 30.0 Å². The Bertz CT molecular complexity index is 986. The topological polar surface area (TPSA) is 124 Å². The summed E-state index contributed by atoms with van der Waals surface area (Å²) in [5.74, 6) is -1.83. The van der Waals surface area contributed by atoms with E-state index in [0.29, 0.717) is 5.56 Å². The number of carbonyl (C=O) groups is 1. The number of hydrogen-bond donors (Lipinski definition) is 0. The van der Waals surface area contributed by atoms with E-state index in [1.54, 1.807) is 0 Å². The van der Waals surface area contributed by atoms with Gasteiger partial charge in [0, 0.05) is 17.3 Å². The Morgan fingerprint density at radius 1 is 1.39 bits per heavy atom. The highest BCUT2D eigenvalue weighted by atomic mass is 19.3. The molecule has 0 aliphatic carbocycles. The molecule has 2 aromatic rings. The SMILES string of the molecule is COc1cc(-c2nn(CCC#N)cc2/C=C(\C#N)C(=O)[O-])ccc1OC(F)F. The fourth-order valence-electron chi connectivity index (χ4n) is 2.35. The molecule has 0 saturated heterocycles. The van der Waals surface area contributed by atoms with Gasteiger partial charge in [0.2, 0.25) is 0 Å². The van der Waals surface area contributed by atoms with Crippen molar-refractivity contribution in [2.75, 3.05) is 7.11 Å². The van der Waals surface area contributed by atoms with E-state index >= 15 is 0 Å². The van der Waals surface area contributed by atoms with Crippen LogP contribution in [-0.2, 0) is 11.3 Å². The van der Waals surface area contributed by atoms with Crippen molar-refractivity contribution < 1.29 is 28.2 Å². The highest BCUT2D eigenvalue weighted by molar-refractivity contribution is 5.96. The lowest BCUT2D eigenvalue weighted by Gasteiger charge is -2.11. The average Bonchev–Trinajstić information content (AvgIpc) is 3.06. The number of carboxylic acid groups (broad SMARTS) is 1. The number of hydrogen-bond acceptors (Lipinski definition) is 7. The summed E-state index contributed by atoms with van der Waals surface area (Å²) in [5, 5.41) is 33.0. The number of benzene rings is 1. The van der Waals surface area contributed by atoms with Gasteiger partial charge in [-0.25, -0.2) is 0 Å². The standard InChI is InChI=1S/C18H14F2N4O4/c1-27-15-8-11(3-4-14(15)28-18(19)20)16-13(7-12(9-22)17(25)26)10-24(23-16)6-2-5-21/h3-4,7-8,10,18H,2,6H2,1H3,(H,25,26)/p-1/b12-7+. The molecule has 0 saturated carbocycles. The zero-order chi connectivity index (χ0) is 20.7. The lowest BCUT2D eigenvalue weighted by Crippen LogP contribution is -2.23. The molecule has 0 amide bonds. The van der Waals surface area contributed by atoms with Crippen LogP contribution in [0.3, 0.4) is 0 Å². The van der Waals surface area contributed by atoms with Crippen LogP contribution in [0.2, 0.25) is 0 Å². The van der Waals surface area contributed by atoms with Gasteiger partial charge < -0.3 is 19.4 Å². The molecule has 0 spiro atoms. The highest BCUT2D eigenvalue weighted by Gasteiger charge is 2.16. The second-order valence-electron chi connectivity index (χ2n) is 5.31. The number of aromatic nitrogens is 2. The van der Waals surface area contributed by atoms with E-state index in [-0.39, 0.29) is 35.7 Å². The van der Waals surface area contributed by atoms with E-state index in [1.165, 1.54) is 42.3 Å². The molecule has 0 bridgehead atoms. The van der Waals surface area contributed by atoms with Gasteiger partial charge in [-0.15, -0.1) is 0 Å². The number of alkyl halides is 2. The smallest absolute Gasteiger partial charge is 0.387 e. The predicted molar refractivity (Wildman–Crippen MR) is 89.7 cm³/mol. The minimum absolute atomic E-state index is 0.0136. The van der Waals surface area contributed by atoms with E-state index < -0.39 is 18.2 Å². The van der Waals surface area contributed by atoms with E-state index in [9.17, 15) is 18.7 Å². The summed E-state index contributed by atoms with van der Waals surface area (Å²) >= 11 is 0. The first-order valence-corrected chi connectivity index (χ1v) is 7.80. The van der Waals surface area contributed by atoms with Crippen LogP contribution in [-0.4, -0.2) is 29.5 Å². The van der Waals surface area contributed by atoms with E-state index in [2.05, 4.69) is 9.84 Å². The van der Waals surface area contributed by atoms with Crippen LogP contribution >= 0.6 is 0 Å². The van der Waals surface area contributed by atoms with Gasteiger partial charge in [-0.05, 0) is 24.3 Å². The molecule has 1 heterocycles. The Hall–Kier alpha value is -3.92. The molecular weight excluding hydrogens is 374 g/mol. The maximum atomic E-state index is 12.5. The predicted octanol–water partition coefficient (Wildman–Crippen LogP) is 1.73. The van der Waals surface area contributed by atoms with Crippen LogP contribution < -0.4 is 14.6 Å². The minimum Gasteiger partial charge on any atom is -0.544 e. The minimum atomic E-state index is -3.04. The van der Waals surface area contributed by atoms with Gasteiger partial charge in [0.15, 0.2) is 11.5 Å². The normalized spacial score (nSPS) is 11.0. The van der Waals surface area contributed by atoms with Crippen LogP contribution in [0.5, 0.6) is 11.5 Å². The lowest BCUT2D eigenvalue weighted by atomic mass is 10.1. The fraction of sp³-hybridized carbons (Fsp3) is 0.222. The molecule has 28 heavy (non-hydrogen) atoms. The Labute approximate surface area is 158 Å². The third kappa shape index (κ3) is 4.83. The molecule has 0 aliphatic rings. The van der Waals surface area contributed by atoms with Gasteiger partial charge in [0.05, 0.1) is 43.4 Å². The van der Waals surface area contributed by atoms with Gasteiger partial charge in [-0.2, -0.15) is 24.4 Å². The van der Waals surface area contributed by atoms with Crippen molar-refractivity contribution in [1.82, 2.24) is 9.78 Å². The Morgan fingerprint density at radius 2 is 2.14 bits per heavy atom. The molecule has 144 valence electrons. The van der Waals surface area contributed by atoms with Crippen LogP contribution in [0.4, 0.5) is 8.78 Å². The Morgan fingerprint density at radius 3 is 2.71 bits per heavy atom. The molecule has 2 rings (SSSR count). The van der Waals surface area contributed by atoms with Crippen LogP contribution in [0, 0.1) is 22.7 Å². The molecule has 0 N–H and O–H groups in total. The summed E-state index contributed by atoms with van der Waals surface area (Å²) in [7, 11) is 1.27. The molecule has 0 unspecified atom stereocenters. The maximum absolute atomic E-state index is 12.5.